The van der Waals surface area contributed by atoms with Gasteiger partial charge in [0, 0.05) is 49.4 Å². The molecule has 0 radical (unpaired) electrons. The lowest BCUT2D eigenvalue weighted by molar-refractivity contribution is -0.119. The largest absolute Gasteiger partial charge is 0.368 e. The molecule has 8 heteroatoms. The Kier molecular flexibility index (Phi) is 6.28. The number of rotatable bonds is 6. The first kappa shape index (κ1) is 20.6. The highest BCUT2D eigenvalue weighted by Gasteiger charge is 2.19. The van der Waals surface area contributed by atoms with E-state index in [4.69, 9.17) is 5.73 Å². The number of carbonyl (C=O) groups excluding carboxylic acids is 1. The molecule has 1 aliphatic rings. The van der Waals surface area contributed by atoms with E-state index in [2.05, 4.69) is 49.2 Å². The molecule has 0 saturated carbocycles. The fraction of sp³-hybridized carbons (Fsp3) is 0.261. The summed E-state index contributed by atoms with van der Waals surface area (Å²) in [6.07, 6.45) is 3.82. The van der Waals surface area contributed by atoms with E-state index in [1.807, 2.05) is 30.3 Å². The fourth-order valence-electron chi connectivity index (χ4n) is 3.79. The van der Waals surface area contributed by atoms with Crippen LogP contribution in [0.5, 0.6) is 0 Å². The molecule has 1 amide bonds. The van der Waals surface area contributed by atoms with Crippen molar-refractivity contribution in [1.29, 1.82) is 0 Å². The summed E-state index contributed by atoms with van der Waals surface area (Å²) in [6, 6.07) is 17.2. The number of carbonyl (C=O) groups is 1. The molecule has 0 aliphatic carbocycles. The zero-order valence-electron chi connectivity index (χ0n) is 17.1. The summed E-state index contributed by atoms with van der Waals surface area (Å²) in [4.78, 5) is 35.0. The van der Waals surface area contributed by atoms with Gasteiger partial charge in [-0.05, 0) is 41.3 Å². The van der Waals surface area contributed by atoms with Crippen LogP contribution in [-0.2, 0) is 11.2 Å². The molecule has 2 N–H and O–H groups in total. The number of nitrogens with two attached hydrogens (primary N) is 1. The number of piperazine rings is 1. The van der Waals surface area contributed by atoms with Crippen LogP contribution in [0, 0.1) is 4.91 Å². The minimum absolute atomic E-state index is 0.279. The molecule has 2 heterocycles. The Morgan fingerprint density at radius 3 is 2.29 bits per heavy atom. The molecule has 1 aliphatic heterocycles. The van der Waals surface area contributed by atoms with Crippen LogP contribution in [-0.4, -0.2) is 48.1 Å². The van der Waals surface area contributed by atoms with Crippen molar-refractivity contribution < 1.29 is 4.79 Å². The maximum absolute atomic E-state index is 11.4. The Labute approximate surface area is 180 Å². The smallest absolute Gasteiger partial charge is 0.303 e. The van der Waals surface area contributed by atoms with E-state index < -0.39 is 11.9 Å². The molecule has 158 valence electrons. The van der Waals surface area contributed by atoms with E-state index in [0.29, 0.717) is 0 Å². The minimum atomic E-state index is -0.913. The summed E-state index contributed by atoms with van der Waals surface area (Å²) < 4.78 is 0. The Balaban J connectivity index is 1.46. The van der Waals surface area contributed by atoms with E-state index in [9.17, 15) is 9.70 Å². The molecule has 0 spiro atoms. The molecule has 1 unspecified atom stereocenters. The number of hydrogen-bond donors (Lipinski definition) is 1. The summed E-state index contributed by atoms with van der Waals surface area (Å²) in [5.41, 5.74) is 9.94. The van der Waals surface area contributed by atoms with Crippen molar-refractivity contribution >= 4 is 17.5 Å². The Hall–Kier alpha value is -3.65. The lowest BCUT2D eigenvalue weighted by Gasteiger charge is -2.36. The summed E-state index contributed by atoms with van der Waals surface area (Å²) in [5.74, 6) is -0.0540. The van der Waals surface area contributed by atoms with Crippen molar-refractivity contribution in [3.63, 3.8) is 0 Å². The van der Waals surface area contributed by atoms with Crippen molar-refractivity contribution in [3.8, 4) is 11.1 Å². The van der Waals surface area contributed by atoms with Gasteiger partial charge in [0.25, 0.3) is 0 Å². The Morgan fingerprint density at radius 1 is 0.935 bits per heavy atom. The van der Waals surface area contributed by atoms with Gasteiger partial charge < -0.3 is 15.5 Å². The molecule has 2 aromatic carbocycles. The molecular weight excluding hydrogens is 392 g/mol. The van der Waals surface area contributed by atoms with Crippen LogP contribution in [0.25, 0.3) is 11.1 Å². The first-order valence-electron chi connectivity index (χ1n) is 10.2. The van der Waals surface area contributed by atoms with E-state index >= 15 is 0 Å². The van der Waals surface area contributed by atoms with Gasteiger partial charge >= 0.3 is 5.91 Å². The minimum Gasteiger partial charge on any atom is -0.368 e. The number of aromatic nitrogens is 2. The maximum Gasteiger partial charge on any atom is 0.303 e. The van der Waals surface area contributed by atoms with Crippen LogP contribution in [0.1, 0.15) is 5.56 Å². The molecule has 31 heavy (non-hydrogen) atoms. The zero-order chi connectivity index (χ0) is 21.6. The molecule has 1 fully saturated rings. The second kappa shape index (κ2) is 9.44. The summed E-state index contributed by atoms with van der Waals surface area (Å²) in [6.45, 7) is 3.50. The summed E-state index contributed by atoms with van der Waals surface area (Å²) in [7, 11) is 0. The van der Waals surface area contributed by atoms with Crippen molar-refractivity contribution in [2.24, 2.45) is 10.9 Å². The number of nitroso groups, excluding NO2 is 1. The van der Waals surface area contributed by atoms with Gasteiger partial charge in [0.1, 0.15) is 0 Å². The molecule has 3 aromatic rings. The second-order valence-electron chi connectivity index (χ2n) is 7.51. The summed E-state index contributed by atoms with van der Waals surface area (Å²) >= 11 is 0. The van der Waals surface area contributed by atoms with Crippen LogP contribution < -0.4 is 15.5 Å². The second-order valence-corrected chi connectivity index (χ2v) is 7.51. The van der Waals surface area contributed by atoms with Gasteiger partial charge in [-0.3, -0.25) is 4.79 Å². The third-order valence-electron chi connectivity index (χ3n) is 5.45. The van der Waals surface area contributed by atoms with Gasteiger partial charge in [-0.15, -0.1) is 4.91 Å². The topological polar surface area (TPSA) is 105 Å². The van der Waals surface area contributed by atoms with Crippen molar-refractivity contribution in [2.75, 3.05) is 36.0 Å². The number of amides is 1. The SMILES string of the molecule is NC(Cc1cccc(-c2cccc(N3CCN(c4ncccn4)CC3)c2)c1)C(=O)N=O. The highest BCUT2D eigenvalue weighted by atomic mass is 16.3. The van der Waals surface area contributed by atoms with Gasteiger partial charge in [-0.2, -0.15) is 0 Å². The average molecular weight is 416 g/mol. The Morgan fingerprint density at radius 2 is 1.58 bits per heavy atom. The van der Waals surface area contributed by atoms with Crippen molar-refractivity contribution in [3.05, 3.63) is 77.5 Å². The van der Waals surface area contributed by atoms with Crippen LogP contribution in [0.4, 0.5) is 11.6 Å². The predicted octanol–water partition coefficient (Wildman–Crippen LogP) is 2.63. The third kappa shape index (κ3) is 4.92. The molecule has 1 saturated heterocycles. The lowest BCUT2D eigenvalue weighted by atomic mass is 9.99. The summed E-state index contributed by atoms with van der Waals surface area (Å²) in [5, 5.41) is 2.42. The lowest BCUT2D eigenvalue weighted by Crippen LogP contribution is -2.47. The maximum atomic E-state index is 11.4. The van der Waals surface area contributed by atoms with Crippen molar-refractivity contribution in [1.82, 2.24) is 9.97 Å². The standard InChI is InChI=1S/C23H24N6O2/c24-21(22(30)27-31)15-17-4-1-5-18(14-17)19-6-2-7-20(16-19)28-10-12-29(13-11-28)23-25-8-3-9-26-23/h1-9,14,16,21H,10-13,15,24H2. The molecule has 8 nitrogen and oxygen atoms in total. The number of hydrogen-bond acceptors (Lipinski definition) is 7. The van der Waals surface area contributed by atoms with Gasteiger partial charge in [0.15, 0.2) is 0 Å². The van der Waals surface area contributed by atoms with E-state index in [-0.39, 0.29) is 6.42 Å². The quantitative estimate of drug-likeness (QED) is 0.616. The average Bonchev–Trinajstić information content (AvgIpc) is 2.84. The number of nitrogens with zero attached hydrogens (tertiary/aromatic N) is 5. The van der Waals surface area contributed by atoms with Gasteiger partial charge in [-0.25, -0.2) is 9.97 Å². The predicted molar refractivity (Wildman–Crippen MR) is 121 cm³/mol. The highest BCUT2D eigenvalue weighted by molar-refractivity contribution is 5.82. The fourth-order valence-corrected chi connectivity index (χ4v) is 3.79. The molecule has 4 rings (SSSR count). The van der Waals surface area contributed by atoms with Gasteiger partial charge in [-0.1, -0.05) is 36.4 Å². The van der Waals surface area contributed by atoms with Crippen molar-refractivity contribution in [2.45, 2.75) is 12.5 Å². The molecule has 1 aromatic heterocycles. The molecule has 1 atom stereocenters. The highest BCUT2D eigenvalue weighted by Crippen LogP contribution is 2.27. The van der Waals surface area contributed by atoms with E-state index in [0.717, 1.165) is 54.5 Å². The molecule has 0 bridgehead atoms. The van der Waals surface area contributed by atoms with Crippen LogP contribution in [0.3, 0.4) is 0 Å². The normalized spacial score (nSPS) is 14.9. The van der Waals surface area contributed by atoms with Gasteiger partial charge in [0.05, 0.1) is 6.04 Å². The monoisotopic (exact) mass is 416 g/mol. The first-order chi connectivity index (χ1) is 15.1. The number of benzene rings is 2. The van der Waals surface area contributed by atoms with Crippen LogP contribution in [0.15, 0.2) is 72.2 Å². The Bertz CT molecular complexity index is 1050. The third-order valence-corrected chi connectivity index (χ3v) is 5.45. The van der Waals surface area contributed by atoms with E-state index in [1.54, 1.807) is 12.4 Å². The first-order valence-corrected chi connectivity index (χ1v) is 10.2. The molecular formula is C23H24N6O2. The van der Waals surface area contributed by atoms with Gasteiger partial charge in [0.2, 0.25) is 5.95 Å². The van der Waals surface area contributed by atoms with Crippen LogP contribution >= 0.6 is 0 Å². The number of anilines is 2. The van der Waals surface area contributed by atoms with Crippen LogP contribution in [0.2, 0.25) is 0 Å². The van der Waals surface area contributed by atoms with E-state index in [1.165, 1.54) is 0 Å². The zero-order valence-corrected chi connectivity index (χ0v) is 17.1.